The van der Waals surface area contributed by atoms with Crippen LogP contribution in [-0.2, 0) is 17.9 Å². The average molecular weight is 414 g/mol. The minimum atomic E-state index is -0.242. The van der Waals surface area contributed by atoms with Gasteiger partial charge in [-0.3, -0.25) is 4.79 Å². The molecule has 3 rings (SSSR count). The third-order valence-electron chi connectivity index (χ3n) is 5.28. The van der Waals surface area contributed by atoms with Gasteiger partial charge in [0.2, 0.25) is 5.91 Å². The maximum Gasteiger partial charge on any atom is 0.239 e. The van der Waals surface area contributed by atoms with E-state index in [1.165, 1.54) is 31.4 Å². The molecular weight excluding hydrogens is 385 g/mol. The summed E-state index contributed by atoms with van der Waals surface area (Å²) >= 11 is 5.64. The Bertz CT molecular complexity index is 792. The number of benzene rings is 2. The molecule has 1 aliphatic carbocycles. The number of carbonyl (C=O) groups excluding carboxylic acids is 1. The SMILES string of the molecule is O=C(CNC(=S)N(Cc1ccc(F)cc1)C1CCCCC1)NCc1ccccc1. The molecule has 0 atom stereocenters. The fourth-order valence-corrected chi connectivity index (χ4v) is 3.95. The van der Waals surface area contributed by atoms with Crippen LogP contribution in [0.15, 0.2) is 54.6 Å². The highest BCUT2D eigenvalue weighted by Crippen LogP contribution is 2.24. The minimum Gasteiger partial charge on any atom is -0.353 e. The Balaban J connectivity index is 1.55. The van der Waals surface area contributed by atoms with Crippen molar-refractivity contribution in [1.82, 2.24) is 15.5 Å². The molecule has 0 aromatic heterocycles. The molecule has 2 aromatic rings. The van der Waals surface area contributed by atoms with Crippen LogP contribution >= 0.6 is 12.2 Å². The first-order valence-electron chi connectivity index (χ1n) is 10.2. The molecule has 0 aliphatic heterocycles. The molecule has 154 valence electrons. The molecule has 1 aliphatic rings. The molecule has 2 N–H and O–H groups in total. The highest BCUT2D eigenvalue weighted by Gasteiger charge is 2.23. The van der Waals surface area contributed by atoms with E-state index in [2.05, 4.69) is 15.5 Å². The zero-order valence-electron chi connectivity index (χ0n) is 16.6. The Morgan fingerprint density at radius 3 is 2.34 bits per heavy atom. The molecule has 2 aromatic carbocycles. The van der Waals surface area contributed by atoms with Crippen molar-refractivity contribution in [3.8, 4) is 0 Å². The van der Waals surface area contributed by atoms with Gasteiger partial charge in [0.1, 0.15) is 5.82 Å². The van der Waals surface area contributed by atoms with Crippen LogP contribution in [0.4, 0.5) is 4.39 Å². The molecule has 0 spiro atoms. The van der Waals surface area contributed by atoms with E-state index in [9.17, 15) is 9.18 Å². The van der Waals surface area contributed by atoms with E-state index < -0.39 is 0 Å². The number of nitrogens with one attached hydrogen (secondary N) is 2. The van der Waals surface area contributed by atoms with Crippen LogP contribution in [0.2, 0.25) is 0 Å². The van der Waals surface area contributed by atoms with Crippen molar-refractivity contribution in [1.29, 1.82) is 0 Å². The molecule has 1 amide bonds. The second-order valence-corrected chi connectivity index (χ2v) is 7.85. The van der Waals surface area contributed by atoms with Gasteiger partial charge < -0.3 is 15.5 Å². The first-order chi connectivity index (χ1) is 14.1. The van der Waals surface area contributed by atoms with Crippen LogP contribution in [0.3, 0.4) is 0 Å². The molecule has 0 bridgehead atoms. The monoisotopic (exact) mass is 413 g/mol. The number of amides is 1. The normalized spacial score (nSPS) is 14.2. The summed E-state index contributed by atoms with van der Waals surface area (Å²) in [7, 11) is 0. The molecule has 1 saturated carbocycles. The number of carbonyl (C=O) groups is 1. The van der Waals surface area contributed by atoms with E-state index in [1.807, 2.05) is 30.3 Å². The van der Waals surface area contributed by atoms with Crippen molar-refractivity contribution in [3.63, 3.8) is 0 Å². The highest BCUT2D eigenvalue weighted by atomic mass is 32.1. The first-order valence-corrected chi connectivity index (χ1v) is 10.6. The van der Waals surface area contributed by atoms with Crippen LogP contribution in [-0.4, -0.2) is 28.5 Å². The minimum absolute atomic E-state index is 0.0958. The summed E-state index contributed by atoms with van der Waals surface area (Å²) in [4.78, 5) is 14.4. The van der Waals surface area contributed by atoms with E-state index in [-0.39, 0.29) is 18.3 Å². The van der Waals surface area contributed by atoms with Gasteiger partial charge in [0.25, 0.3) is 0 Å². The van der Waals surface area contributed by atoms with E-state index in [4.69, 9.17) is 12.2 Å². The summed E-state index contributed by atoms with van der Waals surface area (Å²) in [6.07, 6.45) is 5.80. The van der Waals surface area contributed by atoms with Crippen molar-refractivity contribution in [2.24, 2.45) is 0 Å². The molecule has 0 saturated heterocycles. The summed E-state index contributed by atoms with van der Waals surface area (Å²) in [5, 5.41) is 6.61. The number of nitrogens with zero attached hydrogens (tertiary/aromatic N) is 1. The molecule has 6 heteroatoms. The van der Waals surface area contributed by atoms with Crippen LogP contribution in [0.5, 0.6) is 0 Å². The van der Waals surface area contributed by atoms with Crippen molar-refractivity contribution in [2.75, 3.05) is 6.54 Å². The summed E-state index contributed by atoms with van der Waals surface area (Å²) < 4.78 is 13.2. The lowest BCUT2D eigenvalue weighted by atomic mass is 9.94. The van der Waals surface area contributed by atoms with Crippen molar-refractivity contribution in [3.05, 3.63) is 71.5 Å². The molecule has 0 unspecified atom stereocenters. The highest BCUT2D eigenvalue weighted by molar-refractivity contribution is 7.80. The predicted molar refractivity (Wildman–Crippen MR) is 118 cm³/mol. The van der Waals surface area contributed by atoms with Crippen LogP contribution in [0, 0.1) is 5.82 Å². The number of thiocarbonyl (C=S) groups is 1. The molecule has 0 heterocycles. The second kappa shape index (κ2) is 10.9. The third-order valence-corrected chi connectivity index (χ3v) is 5.65. The van der Waals surface area contributed by atoms with Crippen molar-refractivity contribution in [2.45, 2.75) is 51.2 Å². The molecule has 1 fully saturated rings. The first kappa shape index (κ1) is 21.2. The Hall–Kier alpha value is -2.47. The second-order valence-electron chi connectivity index (χ2n) is 7.47. The Labute approximate surface area is 177 Å². The maximum absolute atomic E-state index is 13.2. The Morgan fingerprint density at radius 1 is 0.966 bits per heavy atom. The van der Waals surface area contributed by atoms with Gasteiger partial charge in [0.15, 0.2) is 5.11 Å². The molecular formula is C23H28FN3OS. The van der Waals surface area contributed by atoms with Gasteiger partial charge in [-0.05, 0) is 48.3 Å². The lowest BCUT2D eigenvalue weighted by Gasteiger charge is -2.36. The zero-order chi connectivity index (χ0) is 20.5. The molecule has 0 radical (unpaired) electrons. The van der Waals surface area contributed by atoms with Gasteiger partial charge in [0, 0.05) is 19.1 Å². The van der Waals surface area contributed by atoms with Gasteiger partial charge in [-0.25, -0.2) is 4.39 Å². The van der Waals surface area contributed by atoms with E-state index in [0.29, 0.717) is 24.2 Å². The van der Waals surface area contributed by atoms with E-state index in [0.717, 1.165) is 24.0 Å². The largest absolute Gasteiger partial charge is 0.353 e. The number of hydrogen-bond donors (Lipinski definition) is 2. The zero-order valence-corrected chi connectivity index (χ0v) is 17.4. The summed E-state index contributed by atoms with van der Waals surface area (Å²) in [6.45, 7) is 1.25. The number of halogens is 1. The lowest BCUT2D eigenvalue weighted by molar-refractivity contribution is -0.120. The molecule has 29 heavy (non-hydrogen) atoms. The Morgan fingerprint density at radius 2 is 1.66 bits per heavy atom. The van der Waals surface area contributed by atoms with Crippen LogP contribution in [0.25, 0.3) is 0 Å². The molecule has 4 nitrogen and oxygen atoms in total. The van der Waals surface area contributed by atoms with E-state index >= 15 is 0 Å². The Kier molecular flexibility index (Phi) is 7.99. The summed E-state index contributed by atoms with van der Waals surface area (Å²) in [5.41, 5.74) is 2.07. The maximum atomic E-state index is 13.2. The number of rotatable bonds is 7. The summed E-state index contributed by atoms with van der Waals surface area (Å²) in [5.74, 6) is -0.338. The topological polar surface area (TPSA) is 44.4 Å². The fourth-order valence-electron chi connectivity index (χ4n) is 3.66. The van der Waals surface area contributed by atoms with Gasteiger partial charge in [-0.2, -0.15) is 0 Å². The summed E-state index contributed by atoms with van der Waals surface area (Å²) in [6, 6.07) is 16.7. The van der Waals surface area contributed by atoms with Crippen LogP contribution in [0.1, 0.15) is 43.2 Å². The predicted octanol–water partition coefficient (Wildman–Crippen LogP) is 4.15. The standard InChI is InChI=1S/C23H28FN3OS/c24-20-13-11-19(12-14-20)17-27(21-9-5-2-6-10-21)23(29)26-16-22(28)25-15-18-7-3-1-4-8-18/h1,3-4,7-8,11-14,21H,2,5-6,9-10,15-17H2,(H,25,28)(H,26,29). The lowest BCUT2D eigenvalue weighted by Crippen LogP contribution is -2.48. The van der Waals surface area contributed by atoms with E-state index in [1.54, 1.807) is 12.1 Å². The average Bonchev–Trinajstić information content (AvgIpc) is 2.77. The van der Waals surface area contributed by atoms with Gasteiger partial charge in [-0.1, -0.05) is 61.7 Å². The van der Waals surface area contributed by atoms with Crippen molar-refractivity contribution >= 4 is 23.2 Å². The number of hydrogen-bond acceptors (Lipinski definition) is 2. The van der Waals surface area contributed by atoms with Crippen LogP contribution < -0.4 is 10.6 Å². The van der Waals surface area contributed by atoms with Gasteiger partial charge >= 0.3 is 0 Å². The smallest absolute Gasteiger partial charge is 0.239 e. The third kappa shape index (κ3) is 6.82. The fraction of sp³-hybridized carbons (Fsp3) is 0.391. The van der Waals surface area contributed by atoms with Crippen molar-refractivity contribution < 1.29 is 9.18 Å². The van der Waals surface area contributed by atoms with Gasteiger partial charge in [0.05, 0.1) is 6.54 Å². The quantitative estimate of drug-likeness (QED) is 0.670. The van der Waals surface area contributed by atoms with Gasteiger partial charge in [-0.15, -0.1) is 0 Å².